The maximum atomic E-state index is 12.8. The van der Waals surface area contributed by atoms with Crippen molar-refractivity contribution in [2.75, 3.05) is 32.7 Å². The molecule has 15 nitrogen and oxygen atoms in total. The summed E-state index contributed by atoms with van der Waals surface area (Å²) in [5.41, 5.74) is 16.3. The third-order valence-corrected chi connectivity index (χ3v) is 8.50. The molecule has 2 amide bonds. The number of nitrogens with zero attached hydrogens (tertiary/aromatic N) is 4. The molecule has 270 valence electrons. The van der Waals surface area contributed by atoms with Gasteiger partial charge in [-0.05, 0) is 91.9 Å². The number of hydrogen-bond acceptors (Lipinski definition) is 11. The van der Waals surface area contributed by atoms with Gasteiger partial charge in [-0.2, -0.15) is 0 Å². The Hall–Kier alpha value is -6.91. The zero-order valence-electron chi connectivity index (χ0n) is 28.9. The highest BCUT2D eigenvalue weighted by Gasteiger charge is 2.12. The lowest BCUT2D eigenvalue weighted by atomic mass is 10.1. The van der Waals surface area contributed by atoms with E-state index in [9.17, 15) is 22.6 Å². The second kappa shape index (κ2) is 16.4. The molecule has 0 aliphatic heterocycles. The smallest absolute Gasteiger partial charge is 0.391 e. The number of nitrogen functional groups attached to an aromatic ring is 2. The van der Waals surface area contributed by atoms with E-state index in [0.29, 0.717) is 46.0 Å². The van der Waals surface area contributed by atoms with Crippen molar-refractivity contribution in [2.24, 2.45) is 14.1 Å². The third-order valence-electron chi connectivity index (χ3n) is 7.65. The average Bonchev–Trinajstić information content (AvgIpc) is 3.13. The fourth-order valence-electron chi connectivity index (χ4n) is 4.59. The molecule has 8 N–H and O–H groups in total. The molecule has 0 saturated carbocycles. The molecular weight excluding hydrogens is 697 g/mol. The molecule has 0 fully saturated rings. The Balaban J connectivity index is 0.000000422. The fraction of sp³-hybridized carbons (Fsp3) is 0.0811. The number of amides is 2. The number of aryl methyl sites for hydroxylation is 3. The summed E-state index contributed by atoms with van der Waals surface area (Å²) in [6.45, 7) is 1.82. The lowest BCUT2D eigenvalue weighted by molar-refractivity contribution is -0.659. The molecule has 16 heteroatoms. The van der Waals surface area contributed by atoms with E-state index in [4.69, 9.17) is 11.5 Å². The van der Waals surface area contributed by atoms with Gasteiger partial charge in [0.05, 0.1) is 31.4 Å². The molecule has 0 saturated heterocycles. The van der Waals surface area contributed by atoms with Crippen LogP contribution in [0.15, 0.2) is 126 Å². The highest BCUT2D eigenvalue weighted by Crippen LogP contribution is 2.20. The largest absolute Gasteiger partial charge is 0.744 e. The summed E-state index contributed by atoms with van der Waals surface area (Å²) in [6, 6.07) is 30.3. The van der Waals surface area contributed by atoms with E-state index in [1.165, 1.54) is 12.1 Å². The highest BCUT2D eigenvalue weighted by atomic mass is 32.2. The molecule has 53 heavy (non-hydrogen) atoms. The highest BCUT2D eigenvalue weighted by molar-refractivity contribution is 7.85. The number of benzene rings is 4. The van der Waals surface area contributed by atoms with Crippen molar-refractivity contribution in [1.82, 2.24) is 9.97 Å². The van der Waals surface area contributed by atoms with Crippen LogP contribution >= 0.6 is 0 Å². The first kappa shape index (κ1) is 37.3. The van der Waals surface area contributed by atoms with Gasteiger partial charge in [0, 0.05) is 46.0 Å². The van der Waals surface area contributed by atoms with Crippen molar-refractivity contribution < 1.29 is 31.7 Å². The molecule has 2 heterocycles. The van der Waals surface area contributed by atoms with Gasteiger partial charge in [-0.3, -0.25) is 21.1 Å². The molecule has 2 aromatic heterocycles. The predicted molar refractivity (Wildman–Crippen MR) is 201 cm³/mol. The first-order valence-electron chi connectivity index (χ1n) is 16.0. The first-order valence-corrected chi connectivity index (χ1v) is 17.4. The van der Waals surface area contributed by atoms with Crippen molar-refractivity contribution in [2.45, 2.75) is 11.8 Å². The van der Waals surface area contributed by atoms with Gasteiger partial charge in [-0.25, -0.2) is 17.6 Å². The minimum atomic E-state index is -4.27. The van der Waals surface area contributed by atoms with Gasteiger partial charge in [0.15, 0.2) is 0 Å². The Bertz CT molecular complexity index is 2210. The Morgan fingerprint density at radius 3 is 1.28 bits per heavy atom. The van der Waals surface area contributed by atoms with Gasteiger partial charge in [-0.1, -0.05) is 27.7 Å². The summed E-state index contributed by atoms with van der Waals surface area (Å²) >= 11 is 0. The van der Waals surface area contributed by atoms with Crippen molar-refractivity contribution in [3.05, 3.63) is 138 Å². The van der Waals surface area contributed by atoms with E-state index in [-0.39, 0.29) is 16.7 Å². The van der Waals surface area contributed by atoms with Gasteiger partial charge in [0.25, 0.3) is 11.8 Å². The molecule has 0 radical (unpaired) electrons. The molecule has 0 spiro atoms. The van der Waals surface area contributed by atoms with Crippen LogP contribution in [0.2, 0.25) is 0 Å². The van der Waals surface area contributed by atoms with Gasteiger partial charge >= 0.3 is 11.9 Å². The minimum absolute atomic E-state index is 0.178. The Kier molecular flexibility index (Phi) is 11.6. The van der Waals surface area contributed by atoms with Gasteiger partial charge in [-0.15, -0.1) is 0 Å². The quantitative estimate of drug-likeness (QED) is 0.0913. The monoisotopic (exact) mass is 733 g/mol. The molecule has 4 aromatic carbocycles. The zero-order chi connectivity index (χ0) is 38.1. The number of carbonyl (C=O) groups excluding carboxylic acids is 2. The standard InChI is InChI=1S/C30H28N10O2.C7H8O3S/c1-39-17-15-25(37-29(39)31)33-21-7-11-23(12-8-21)35-27(41)19-3-5-20(6-4-19)28(42)36-24-13-9-22(10-14-24)34-26-16-18-40(2)30(32)38-26;1-6-2-4-7(5-3-6)11(8,9)10/h3-18H,1-2H3,(H6,31,32,33,34,35,36,37,38,41,42);2-5H,1H3,(H,8,9,10)/p+1. The Labute approximate surface area is 306 Å². The van der Waals surface area contributed by atoms with E-state index < -0.39 is 10.1 Å². The second-order valence-corrected chi connectivity index (χ2v) is 13.1. The van der Waals surface area contributed by atoms with Crippen LogP contribution in [0.5, 0.6) is 0 Å². The topological polar surface area (TPSA) is 225 Å². The van der Waals surface area contributed by atoms with Gasteiger partial charge in [0.2, 0.25) is 11.6 Å². The number of aromatic nitrogens is 4. The molecule has 0 aliphatic rings. The molecule has 0 bridgehead atoms. The van der Waals surface area contributed by atoms with E-state index in [1.54, 1.807) is 69.8 Å². The molecular formula is C37H37N10O5S+. The normalized spacial score (nSPS) is 10.7. The van der Waals surface area contributed by atoms with Crippen LogP contribution in [-0.2, 0) is 24.2 Å². The van der Waals surface area contributed by atoms with Crippen LogP contribution in [0.1, 0.15) is 26.3 Å². The van der Waals surface area contributed by atoms with Crippen LogP contribution in [0.25, 0.3) is 0 Å². The molecule has 6 rings (SSSR count). The van der Waals surface area contributed by atoms with Crippen molar-refractivity contribution >= 4 is 68.2 Å². The fourth-order valence-corrected chi connectivity index (χ4v) is 5.06. The van der Waals surface area contributed by atoms with Crippen molar-refractivity contribution in [1.29, 1.82) is 0 Å². The maximum Gasteiger partial charge on any atom is 0.391 e. The SMILES string of the molecule is C[n+]1ccc(Nc2ccc(NC(=O)c3ccc(C(=O)Nc4ccc(Nc5cc[n+](C)c(N)n5)cc4)cc3)cc2)nc1N.Cc1ccc(S(=O)(=O)[O-])cc1. The van der Waals surface area contributed by atoms with E-state index in [2.05, 4.69) is 31.2 Å². The van der Waals surface area contributed by atoms with Crippen LogP contribution in [0.4, 0.5) is 46.3 Å². The number of nitrogens with two attached hydrogens (primary N) is 2. The van der Waals surface area contributed by atoms with Gasteiger partial charge < -0.3 is 25.8 Å². The van der Waals surface area contributed by atoms with Gasteiger partial charge in [0.1, 0.15) is 10.1 Å². The zero-order valence-corrected chi connectivity index (χ0v) is 29.8. The summed E-state index contributed by atoms with van der Waals surface area (Å²) < 4.78 is 34.6. The summed E-state index contributed by atoms with van der Waals surface area (Å²) in [5.74, 6) is 1.41. The lowest BCUT2D eigenvalue weighted by Gasteiger charge is -2.09. The van der Waals surface area contributed by atoms with E-state index in [0.717, 1.165) is 16.9 Å². The summed E-state index contributed by atoms with van der Waals surface area (Å²) in [7, 11) is -0.644. The first-order chi connectivity index (χ1) is 25.2. The van der Waals surface area contributed by atoms with Crippen LogP contribution < -0.4 is 41.9 Å². The number of hydrogen-bond donors (Lipinski definition) is 6. The summed E-state index contributed by atoms with van der Waals surface area (Å²) in [6.07, 6.45) is 3.62. The van der Waals surface area contributed by atoms with E-state index in [1.807, 2.05) is 69.8 Å². The number of rotatable bonds is 9. The second-order valence-electron chi connectivity index (χ2n) is 11.7. The summed E-state index contributed by atoms with van der Waals surface area (Å²) in [5, 5.41) is 12.1. The Morgan fingerprint density at radius 2 is 0.943 bits per heavy atom. The number of carbonyl (C=O) groups is 2. The van der Waals surface area contributed by atoms with Crippen LogP contribution in [0, 0.1) is 6.92 Å². The maximum absolute atomic E-state index is 12.8. The Morgan fingerprint density at radius 1 is 0.585 bits per heavy atom. The van der Waals surface area contributed by atoms with Crippen molar-refractivity contribution in [3.63, 3.8) is 0 Å². The molecule has 0 unspecified atom stereocenters. The molecule has 0 atom stereocenters. The average molecular weight is 734 g/mol. The van der Waals surface area contributed by atoms with E-state index >= 15 is 0 Å². The lowest BCUT2D eigenvalue weighted by Crippen LogP contribution is -2.32. The van der Waals surface area contributed by atoms with Crippen molar-refractivity contribution in [3.8, 4) is 0 Å². The predicted octanol–water partition coefficient (Wildman–Crippen LogP) is 4.18. The van der Waals surface area contributed by atoms with Crippen LogP contribution in [0.3, 0.4) is 0 Å². The minimum Gasteiger partial charge on any atom is -0.744 e. The molecule has 6 aromatic rings. The molecule has 0 aliphatic carbocycles. The number of anilines is 8. The number of nitrogens with one attached hydrogen (secondary N) is 4. The van der Waals surface area contributed by atoms with Crippen LogP contribution in [-0.4, -0.2) is 34.8 Å². The summed E-state index contributed by atoms with van der Waals surface area (Å²) in [4.78, 5) is 33.9. The third kappa shape index (κ3) is 10.5.